The zero-order chi connectivity index (χ0) is 71.4. The maximum Gasteiger partial charge on any atom is 0.497 e. The summed E-state index contributed by atoms with van der Waals surface area (Å²) in [6.45, 7) is 10.0. The fourth-order valence-electron chi connectivity index (χ4n) is 9.25. The van der Waals surface area contributed by atoms with Gasteiger partial charge in [0, 0.05) is 119 Å². The number of allylic oxidation sites excluding steroid dienone is 1. The second kappa shape index (κ2) is 37.8. The Hall–Kier alpha value is -10.1. The highest BCUT2D eigenvalue weighted by molar-refractivity contribution is 6.30. The van der Waals surface area contributed by atoms with Crippen LogP contribution in [0.5, 0.6) is 5.75 Å². The van der Waals surface area contributed by atoms with Gasteiger partial charge in [-0.1, -0.05) is 67.1 Å². The lowest BCUT2D eigenvalue weighted by atomic mass is 9.99. The van der Waals surface area contributed by atoms with Crippen LogP contribution in [0.15, 0.2) is 173 Å². The van der Waals surface area contributed by atoms with Crippen LogP contribution in [0.25, 0.3) is 12.2 Å². The van der Waals surface area contributed by atoms with E-state index in [1.165, 1.54) is 53.2 Å². The van der Waals surface area contributed by atoms with Crippen molar-refractivity contribution in [3.63, 3.8) is 0 Å². The van der Waals surface area contributed by atoms with Crippen molar-refractivity contribution in [3.05, 3.63) is 214 Å². The van der Waals surface area contributed by atoms with Gasteiger partial charge in [-0.05, 0) is 105 Å². The van der Waals surface area contributed by atoms with Crippen LogP contribution in [0.3, 0.4) is 0 Å². The summed E-state index contributed by atoms with van der Waals surface area (Å²) in [4.78, 5) is 97.7. The molecule has 0 spiro atoms. The quantitative estimate of drug-likeness (QED) is 0.0421. The van der Waals surface area contributed by atoms with Gasteiger partial charge in [-0.3, -0.25) is 24.1 Å². The molecule has 3 aromatic carbocycles. The van der Waals surface area contributed by atoms with Gasteiger partial charge >= 0.3 is 24.3 Å². The number of esters is 1. The number of hydrogen-bond acceptors (Lipinski definition) is 15. The Kier molecular flexibility index (Phi) is 30.3. The number of anilines is 1. The van der Waals surface area contributed by atoms with Crippen LogP contribution in [-0.2, 0) is 19.1 Å². The normalized spacial score (nSPS) is 13.7. The Balaban J connectivity index is 0.000000224. The number of ether oxygens (including phenoxy) is 3. The molecule has 26 heteroatoms. The zero-order valence-corrected chi connectivity index (χ0v) is 57.3. The van der Waals surface area contributed by atoms with Gasteiger partial charge in [0.15, 0.2) is 5.78 Å². The summed E-state index contributed by atoms with van der Waals surface area (Å²) in [5.41, 5.74) is 1.68. The number of ketones is 1. The predicted molar refractivity (Wildman–Crippen MR) is 359 cm³/mol. The Morgan fingerprint density at radius 1 is 0.691 bits per heavy atom. The number of likely N-dealkylation sites (tertiary alicyclic amines) is 1. The molecule has 0 saturated carbocycles. The predicted octanol–water partition coefficient (Wildman–Crippen LogP) is 10.3. The van der Waals surface area contributed by atoms with Crippen LogP contribution in [0.1, 0.15) is 86.4 Å². The number of furan rings is 2. The molecule has 0 radical (unpaired) electrons. The van der Waals surface area contributed by atoms with E-state index in [1.54, 1.807) is 153 Å². The first-order valence-electron chi connectivity index (χ1n) is 30.8. The molecule has 2 saturated heterocycles. The average molecular weight is 1360 g/mol. The molecule has 4 aromatic heterocycles. The highest BCUT2D eigenvalue weighted by atomic mass is 35.5. The number of pyridine rings is 2. The van der Waals surface area contributed by atoms with E-state index in [-0.39, 0.29) is 67.8 Å². The van der Waals surface area contributed by atoms with E-state index in [1.807, 2.05) is 75.4 Å². The molecule has 9 rings (SSSR count). The number of rotatable bonds is 15. The van der Waals surface area contributed by atoms with E-state index < -0.39 is 29.8 Å². The number of nitrogens with one attached hydrogen (secondary N) is 2. The summed E-state index contributed by atoms with van der Waals surface area (Å²) in [5.74, 6) is -0.617. The second-order valence-corrected chi connectivity index (χ2v) is 23.1. The van der Waals surface area contributed by atoms with Crippen molar-refractivity contribution in [1.29, 1.82) is 0 Å². The lowest BCUT2D eigenvalue weighted by Gasteiger charge is -2.44. The van der Waals surface area contributed by atoms with Crippen molar-refractivity contribution < 1.29 is 83.9 Å². The first kappa shape index (κ1) is 77.6. The summed E-state index contributed by atoms with van der Waals surface area (Å²) in [6.07, 6.45) is 6.06. The number of benzene rings is 3. The number of hydrogen-bond donors (Lipinski definition) is 2. The number of halogens is 4. The molecule has 22 nitrogen and oxygen atoms in total. The van der Waals surface area contributed by atoms with E-state index in [4.69, 9.17) is 34.7 Å². The number of aromatic nitrogens is 2. The van der Waals surface area contributed by atoms with Gasteiger partial charge in [-0.15, -0.1) is 0 Å². The third-order valence-corrected chi connectivity index (χ3v) is 14.9. The Morgan fingerprint density at radius 2 is 1.25 bits per heavy atom. The van der Waals surface area contributed by atoms with Crippen LogP contribution in [-0.4, -0.2) is 168 Å². The molecule has 518 valence electrons. The summed E-state index contributed by atoms with van der Waals surface area (Å²) >= 11 is 5.86. The largest absolute Gasteiger partial charge is 0.497 e. The van der Waals surface area contributed by atoms with Gasteiger partial charge in [0.05, 0.1) is 65.7 Å². The number of nitrogens with zero attached hydrogens (tertiary/aromatic N) is 7. The molecule has 97 heavy (non-hydrogen) atoms. The minimum Gasteiger partial charge on any atom is -0.496 e. The van der Waals surface area contributed by atoms with Gasteiger partial charge in [0.25, 0.3) is 23.4 Å². The minimum atomic E-state index is -5.08. The molecule has 1 unspecified atom stereocenters. The molecule has 6 heterocycles. The Morgan fingerprint density at radius 3 is 1.74 bits per heavy atom. The van der Waals surface area contributed by atoms with Gasteiger partial charge < -0.3 is 48.4 Å². The molecule has 2 aliphatic rings. The Labute approximate surface area is 568 Å². The number of aryl methyl sites for hydroxylation is 3. The van der Waals surface area contributed by atoms with Crippen molar-refractivity contribution in [1.82, 2.24) is 30.2 Å². The number of methoxy groups -OCH3 is 1. The van der Waals surface area contributed by atoms with E-state index >= 15 is 0 Å². The molecular formula is C71H85ClF3N9O13+2. The fraction of sp³-hybridized carbons (Fsp3) is 0.338. The highest BCUT2D eigenvalue weighted by Gasteiger charge is 2.66. The number of morpholine rings is 1. The molecule has 0 aliphatic carbocycles. The van der Waals surface area contributed by atoms with Crippen LogP contribution >= 0.6 is 11.6 Å². The minimum absolute atomic E-state index is 0.00804. The van der Waals surface area contributed by atoms with Gasteiger partial charge in [-0.2, -0.15) is 27.4 Å². The summed E-state index contributed by atoms with van der Waals surface area (Å²) in [7, 11) is 12.3. The number of piperidine rings is 1. The third-order valence-electron chi connectivity index (χ3n) is 14.6. The maximum atomic E-state index is 14.0. The SMILES string of the molecule is CC1CCN(C(=O)/C(=C\c2ccco2)NC(=O)c2ccc(Cl)cc2)CC1.CCOC(=O)C(NC(=O)c1ccccc1)(N1CCOCC1)C(F)(F)F.COc1cc(C)[n+](OC(=O)N(C)C)c(C)c1.Cc1cc(N(C)C)cc[n+]1C(=O)N(C)C.O=C(/C=C/c1ccco1)c1ccccc1. The van der Waals surface area contributed by atoms with Crippen LogP contribution in [0, 0.1) is 26.7 Å². The average Bonchev–Trinajstić information content (AvgIpc) is 1.35. The van der Waals surface area contributed by atoms with Crippen LogP contribution in [0.2, 0.25) is 5.02 Å². The van der Waals surface area contributed by atoms with E-state index in [0.29, 0.717) is 46.7 Å². The Bertz CT molecular complexity index is 3720. The summed E-state index contributed by atoms with van der Waals surface area (Å²) in [5, 5.41) is 5.15. The first-order chi connectivity index (χ1) is 46.1. The van der Waals surface area contributed by atoms with Crippen molar-refractivity contribution in [2.45, 2.75) is 59.3 Å². The highest BCUT2D eigenvalue weighted by Crippen LogP contribution is 2.36. The van der Waals surface area contributed by atoms with Crippen molar-refractivity contribution >= 4 is 71.0 Å². The third kappa shape index (κ3) is 23.4. The lowest BCUT2D eigenvalue weighted by molar-refractivity contribution is -0.877. The topological polar surface area (TPSA) is 231 Å². The smallest absolute Gasteiger partial charge is 0.496 e. The van der Waals surface area contributed by atoms with Crippen LogP contribution < -0.4 is 34.4 Å². The number of amides is 5. The number of carbonyl (C=O) groups is 7. The second-order valence-electron chi connectivity index (χ2n) is 22.6. The molecule has 7 aromatic rings. The van der Waals surface area contributed by atoms with E-state index in [9.17, 15) is 46.7 Å². The van der Waals surface area contributed by atoms with Crippen LogP contribution in [0.4, 0.5) is 28.4 Å². The summed E-state index contributed by atoms with van der Waals surface area (Å²) in [6, 6.07) is 37.6. The van der Waals surface area contributed by atoms with Crippen molar-refractivity contribution in [3.8, 4) is 5.75 Å². The van der Waals surface area contributed by atoms with Crippen molar-refractivity contribution in [2.75, 3.05) is 100 Å². The molecule has 2 aliphatic heterocycles. The van der Waals surface area contributed by atoms with Crippen molar-refractivity contribution in [2.24, 2.45) is 5.92 Å². The molecule has 2 N–H and O–H groups in total. The molecular weight excluding hydrogens is 1280 g/mol. The monoisotopic (exact) mass is 1360 g/mol. The number of carbonyl (C=O) groups excluding carboxylic acids is 7. The molecule has 5 amide bonds. The molecule has 0 bridgehead atoms. The molecule has 2 fully saturated rings. The first-order valence-corrected chi connectivity index (χ1v) is 31.2. The van der Waals surface area contributed by atoms with Gasteiger partial charge in [-0.25, -0.2) is 14.5 Å². The van der Waals surface area contributed by atoms with E-state index in [0.717, 1.165) is 46.3 Å². The summed E-state index contributed by atoms with van der Waals surface area (Å²) < 4.78 is 70.4. The fourth-order valence-corrected chi connectivity index (χ4v) is 9.38. The maximum absolute atomic E-state index is 14.0. The zero-order valence-electron chi connectivity index (χ0n) is 56.6. The van der Waals surface area contributed by atoms with Gasteiger partial charge in [0.2, 0.25) is 11.4 Å². The standard InChI is InChI=1S/C20H21ClN2O3.C16H19F3N2O4.C13H10O2.C11H18N3O.C11H17N2O3/c1-14-8-10-23(11-9-14)20(25)18(13-17-3-2-12-26-17)22-19(24)15-4-6-16(21)7-5-15;1-2-25-14(23)15(16(17,18)19,21-8-10-24-11-9-21)20-13(22)12-6-4-3-5-7-12;14-13(11-5-2-1-3-6-11)9-8-12-7-4-10-15-12;1-9-8-10(12(2)3)6-7-14(9)11(15)13(4)5;1-8-6-10(15-5)7-9(2)13(8)16-11(14)12(3)4/h2-7,12-14H,8-11H2,1H3,(H,22,24);3-7H,2,8-11H2,1H3,(H,20,22);1-10H;6-8H,1-5H3;6-7H,1-5H3/q;;;2*+1/b18-13+;;9-8+;;. The molecule has 1 atom stereocenters. The lowest BCUT2D eigenvalue weighted by Crippen LogP contribution is -2.75. The van der Waals surface area contributed by atoms with Gasteiger partial charge in [0.1, 0.15) is 34.9 Å². The number of alkyl halides is 3. The van der Waals surface area contributed by atoms with E-state index in [2.05, 4.69) is 17.0 Å².